The summed E-state index contributed by atoms with van der Waals surface area (Å²) in [5.41, 5.74) is -1.46. The van der Waals surface area contributed by atoms with Crippen molar-refractivity contribution in [2.75, 3.05) is 0 Å². The summed E-state index contributed by atoms with van der Waals surface area (Å²) >= 11 is 0. The molecule has 96 valence electrons. The van der Waals surface area contributed by atoms with E-state index >= 15 is 0 Å². The van der Waals surface area contributed by atoms with Gasteiger partial charge in [-0.1, -0.05) is 27.2 Å². The van der Waals surface area contributed by atoms with Gasteiger partial charge in [0.15, 0.2) is 0 Å². The zero-order chi connectivity index (χ0) is 12.6. The minimum absolute atomic E-state index is 0.329. The maximum Gasteiger partial charge on any atom is 0.0707 e. The van der Waals surface area contributed by atoms with E-state index in [1.807, 2.05) is 0 Å². The van der Waals surface area contributed by atoms with Crippen LogP contribution in [-0.2, 0) is 0 Å². The van der Waals surface area contributed by atoms with Gasteiger partial charge in [-0.25, -0.2) is 0 Å². The second-order valence-electron chi connectivity index (χ2n) is 6.83. The van der Waals surface area contributed by atoms with E-state index in [9.17, 15) is 10.2 Å². The standard InChI is InChI=1S/C14H28O2/c1-10(2)12-7-6-11(3)8-14(12,16)9-13(4,5)15/h10-12,15-16H,6-9H2,1-5H3/t11-,12+,14-/m1/s1. The fraction of sp³-hybridized carbons (Fsp3) is 1.00. The van der Waals surface area contributed by atoms with Crippen LogP contribution in [0.15, 0.2) is 0 Å². The van der Waals surface area contributed by atoms with Crippen LogP contribution >= 0.6 is 0 Å². The fourth-order valence-corrected chi connectivity index (χ4v) is 3.50. The molecule has 2 N–H and O–H groups in total. The molecule has 0 amide bonds. The van der Waals surface area contributed by atoms with Crippen LogP contribution in [0.1, 0.15) is 60.3 Å². The SMILES string of the molecule is CC(C)[C@@H]1CC[C@@H](C)C[C@@]1(O)CC(C)(C)O. The van der Waals surface area contributed by atoms with Crippen LogP contribution in [0.25, 0.3) is 0 Å². The fourth-order valence-electron chi connectivity index (χ4n) is 3.50. The molecule has 0 aromatic heterocycles. The zero-order valence-corrected chi connectivity index (χ0v) is 11.5. The molecule has 1 aliphatic carbocycles. The first kappa shape index (κ1) is 14.0. The molecule has 0 saturated heterocycles. The van der Waals surface area contributed by atoms with Crippen molar-refractivity contribution in [2.24, 2.45) is 17.8 Å². The monoisotopic (exact) mass is 228 g/mol. The van der Waals surface area contributed by atoms with Crippen LogP contribution in [0.4, 0.5) is 0 Å². The van der Waals surface area contributed by atoms with Crippen molar-refractivity contribution >= 4 is 0 Å². The molecule has 0 aromatic carbocycles. The molecule has 1 aliphatic rings. The first-order chi connectivity index (χ1) is 7.14. The molecule has 1 saturated carbocycles. The van der Waals surface area contributed by atoms with Crippen LogP contribution < -0.4 is 0 Å². The summed E-state index contributed by atoms with van der Waals surface area (Å²) in [5.74, 6) is 1.39. The van der Waals surface area contributed by atoms with Crippen molar-refractivity contribution in [3.05, 3.63) is 0 Å². The molecule has 0 bridgehead atoms. The van der Waals surface area contributed by atoms with Gasteiger partial charge < -0.3 is 10.2 Å². The van der Waals surface area contributed by atoms with E-state index in [1.54, 1.807) is 13.8 Å². The molecule has 16 heavy (non-hydrogen) atoms. The topological polar surface area (TPSA) is 40.5 Å². The Morgan fingerprint density at radius 1 is 1.31 bits per heavy atom. The van der Waals surface area contributed by atoms with Crippen LogP contribution in [0.3, 0.4) is 0 Å². The molecule has 1 rings (SSSR count). The van der Waals surface area contributed by atoms with Crippen LogP contribution in [0.2, 0.25) is 0 Å². The van der Waals surface area contributed by atoms with E-state index < -0.39 is 11.2 Å². The van der Waals surface area contributed by atoms with Crippen molar-refractivity contribution in [2.45, 2.75) is 71.5 Å². The Morgan fingerprint density at radius 2 is 1.88 bits per heavy atom. The first-order valence-corrected chi connectivity index (χ1v) is 6.59. The Bertz CT molecular complexity index is 229. The van der Waals surface area contributed by atoms with Crippen molar-refractivity contribution in [3.8, 4) is 0 Å². The number of hydrogen-bond donors (Lipinski definition) is 2. The minimum Gasteiger partial charge on any atom is -0.390 e. The van der Waals surface area contributed by atoms with Crippen molar-refractivity contribution in [3.63, 3.8) is 0 Å². The second-order valence-corrected chi connectivity index (χ2v) is 6.83. The Hall–Kier alpha value is -0.0800. The molecule has 3 atom stereocenters. The van der Waals surface area contributed by atoms with Gasteiger partial charge in [-0.2, -0.15) is 0 Å². The molecule has 2 heteroatoms. The number of aliphatic hydroxyl groups is 2. The average Bonchev–Trinajstić information content (AvgIpc) is 1.97. The lowest BCUT2D eigenvalue weighted by Crippen LogP contribution is -2.49. The predicted molar refractivity (Wildman–Crippen MR) is 67.2 cm³/mol. The highest BCUT2D eigenvalue weighted by atomic mass is 16.3. The summed E-state index contributed by atoms with van der Waals surface area (Å²) in [6.07, 6.45) is 3.62. The lowest BCUT2D eigenvalue weighted by molar-refractivity contribution is -0.123. The van der Waals surface area contributed by atoms with Crippen LogP contribution in [0.5, 0.6) is 0 Å². The van der Waals surface area contributed by atoms with Gasteiger partial charge >= 0.3 is 0 Å². The van der Waals surface area contributed by atoms with Gasteiger partial charge in [0, 0.05) is 6.42 Å². The number of hydrogen-bond acceptors (Lipinski definition) is 2. The van der Waals surface area contributed by atoms with E-state index in [-0.39, 0.29) is 0 Å². The van der Waals surface area contributed by atoms with E-state index in [0.717, 1.165) is 12.8 Å². The summed E-state index contributed by atoms with van der Waals surface area (Å²) < 4.78 is 0. The third-order valence-electron chi connectivity index (χ3n) is 3.91. The first-order valence-electron chi connectivity index (χ1n) is 6.59. The molecule has 0 heterocycles. The van der Waals surface area contributed by atoms with E-state index in [1.165, 1.54) is 6.42 Å². The van der Waals surface area contributed by atoms with Crippen molar-refractivity contribution in [1.29, 1.82) is 0 Å². The third kappa shape index (κ3) is 3.46. The van der Waals surface area contributed by atoms with Crippen molar-refractivity contribution < 1.29 is 10.2 Å². The van der Waals surface area contributed by atoms with Crippen LogP contribution in [-0.4, -0.2) is 21.4 Å². The van der Waals surface area contributed by atoms with Crippen LogP contribution in [0, 0.1) is 17.8 Å². The maximum absolute atomic E-state index is 10.8. The molecule has 0 unspecified atom stereocenters. The molecule has 0 aromatic rings. The van der Waals surface area contributed by atoms with E-state index in [4.69, 9.17) is 0 Å². The maximum atomic E-state index is 10.8. The Labute approximate surface area is 100 Å². The molecule has 0 spiro atoms. The zero-order valence-electron chi connectivity index (χ0n) is 11.5. The Morgan fingerprint density at radius 3 is 2.31 bits per heavy atom. The molecular formula is C14H28O2. The summed E-state index contributed by atoms with van der Waals surface area (Å²) in [4.78, 5) is 0. The molecule has 0 aliphatic heterocycles. The lowest BCUT2D eigenvalue weighted by Gasteiger charge is -2.47. The normalized spacial score (nSPS) is 36.8. The highest BCUT2D eigenvalue weighted by Crippen LogP contribution is 2.44. The third-order valence-corrected chi connectivity index (χ3v) is 3.91. The highest BCUT2D eigenvalue weighted by Gasteiger charge is 2.45. The van der Waals surface area contributed by atoms with Gasteiger partial charge in [-0.15, -0.1) is 0 Å². The summed E-state index contributed by atoms with van der Waals surface area (Å²) in [6, 6.07) is 0. The summed E-state index contributed by atoms with van der Waals surface area (Å²) in [6.45, 7) is 10.1. The quantitative estimate of drug-likeness (QED) is 0.779. The lowest BCUT2D eigenvalue weighted by atomic mass is 9.64. The highest BCUT2D eigenvalue weighted by molar-refractivity contribution is 4.96. The summed E-state index contributed by atoms with van der Waals surface area (Å²) in [5, 5.41) is 20.8. The van der Waals surface area contributed by atoms with E-state index in [0.29, 0.717) is 24.2 Å². The van der Waals surface area contributed by atoms with Gasteiger partial charge in [-0.05, 0) is 44.4 Å². The van der Waals surface area contributed by atoms with Gasteiger partial charge in [-0.3, -0.25) is 0 Å². The molecule has 0 radical (unpaired) electrons. The van der Waals surface area contributed by atoms with Gasteiger partial charge in [0.1, 0.15) is 0 Å². The van der Waals surface area contributed by atoms with Gasteiger partial charge in [0.05, 0.1) is 11.2 Å². The Balaban J connectivity index is 2.84. The molecular weight excluding hydrogens is 200 g/mol. The average molecular weight is 228 g/mol. The predicted octanol–water partition coefficient (Wildman–Crippen LogP) is 2.97. The minimum atomic E-state index is -0.779. The number of rotatable bonds is 3. The van der Waals surface area contributed by atoms with E-state index in [2.05, 4.69) is 20.8 Å². The van der Waals surface area contributed by atoms with Crippen molar-refractivity contribution in [1.82, 2.24) is 0 Å². The van der Waals surface area contributed by atoms with Gasteiger partial charge in [0.25, 0.3) is 0 Å². The molecule has 2 nitrogen and oxygen atoms in total. The van der Waals surface area contributed by atoms with Gasteiger partial charge in [0.2, 0.25) is 0 Å². The molecule has 1 fully saturated rings. The largest absolute Gasteiger partial charge is 0.390 e. The Kier molecular flexibility index (Phi) is 4.07. The summed E-state index contributed by atoms with van der Waals surface area (Å²) in [7, 11) is 0. The smallest absolute Gasteiger partial charge is 0.0707 e. The second kappa shape index (κ2) is 4.66.